The molecule has 0 aromatic heterocycles. The topological polar surface area (TPSA) is 137 Å². The van der Waals surface area contributed by atoms with Gasteiger partial charge in [-0.25, -0.2) is 13.6 Å². The number of carboxylic acids is 1. The summed E-state index contributed by atoms with van der Waals surface area (Å²) < 4.78 is 37.7. The maximum absolute atomic E-state index is 13.6. The summed E-state index contributed by atoms with van der Waals surface area (Å²) in [7, 11) is 0. The number of hydrogen-bond donors (Lipinski definition) is 4. The van der Waals surface area contributed by atoms with Gasteiger partial charge in [-0.1, -0.05) is 26.5 Å². The molecule has 1 unspecified atom stereocenters. The number of hydrogen-bond acceptors (Lipinski definition) is 7. The normalized spacial score (nSPS) is 26.9. The average molecular weight is 688 g/mol. The minimum Gasteiger partial charge on any atom is -0.524 e. The van der Waals surface area contributed by atoms with Crippen LogP contribution in [0.1, 0.15) is 50.3 Å². The van der Waals surface area contributed by atoms with Crippen LogP contribution in [0.15, 0.2) is 66.7 Å². The molecular weight excluding hydrogens is 653 g/mol. The van der Waals surface area contributed by atoms with Crippen molar-refractivity contribution in [3.8, 4) is 5.75 Å². The zero-order chi connectivity index (χ0) is 30.1. The van der Waals surface area contributed by atoms with E-state index in [-0.39, 0.29) is 63.5 Å². The van der Waals surface area contributed by atoms with Crippen molar-refractivity contribution in [1.82, 2.24) is 0 Å². The summed E-state index contributed by atoms with van der Waals surface area (Å²) in [4.78, 5) is 26.3. The molecule has 3 aromatic rings. The van der Waals surface area contributed by atoms with Gasteiger partial charge < -0.3 is 34.8 Å². The van der Waals surface area contributed by atoms with E-state index in [1.807, 2.05) is 6.92 Å². The first-order valence-electron chi connectivity index (χ1n) is 13.5. The molecule has 12 heteroatoms. The van der Waals surface area contributed by atoms with E-state index in [1.54, 1.807) is 23.1 Å². The molecule has 1 amide bonds. The van der Waals surface area contributed by atoms with Crippen molar-refractivity contribution in [3.05, 3.63) is 95.6 Å². The van der Waals surface area contributed by atoms with E-state index in [0.29, 0.717) is 24.1 Å². The summed E-state index contributed by atoms with van der Waals surface area (Å²) in [6.07, 6.45) is -7.57. The first-order chi connectivity index (χ1) is 20.0. The molecule has 2 aliphatic heterocycles. The number of amides is 1. The van der Waals surface area contributed by atoms with Crippen molar-refractivity contribution in [1.29, 1.82) is 0 Å². The Labute approximate surface area is 279 Å². The van der Waals surface area contributed by atoms with Gasteiger partial charge in [-0.3, -0.25) is 4.79 Å². The number of halogens is 2. The average Bonchev–Trinajstić information content (AvgIpc) is 2.97. The van der Waals surface area contributed by atoms with E-state index in [9.17, 15) is 38.8 Å². The van der Waals surface area contributed by atoms with Crippen LogP contribution in [0, 0.1) is 23.6 Å². The summed E-state index contributed by atoms with van der Waals surface area (Å²) in [6, 6.07) is 19.1. The fourth-order valence-electron chi connectivity index (χ4n) is 5.43. The van der Waals surface area contributed by atoms with Crippen LogP contribution >= 0.6 is 0 Å². The van der Waals surface area contributed by atoms with Crippen LogP contribution in [0.25, 0.3) is 0 Å². The molecule has 233 valence electrons. The SMILES string of the molecule is C.CC(CC[C@H]1C(=O)N(c2ccc(F)cc2)[C@@H]1c1[c-]cc(O[C@@H]2O[C@H](C(=O)O)[C@@H](O)[C@H](O)[C@H]2O)cc1)c1ccc(F)cc1.[Y]. The summed E-state index contributed by atoms with van der Waals surface area (Å²) in [5.74, 6) is -2.61. The maximum atomic E-state index is 13.6. The second-order valence-electron chi connectivity index (χ2n) is 10.6. The monoisotopic (exact) mass is 687 g/mol. The molecule has 9 nitrogen and oxygen atoms in total. The molecule has 4 N–H and O–H groups in total. The molecule has 0 bridgehead atoms. The number of aliphatic carboxylic acids is 1. The van der Waals surface area contributed by atoms with E-state index in [4.69, 9.17) is 9.47 Å². The zero-order valence-electron chi connectivity index (χ0n) is 23.1. The number of carboxylic acid groups (broad SMARTS) is 1. The number of nitrogens with zero attached hydrogens (tertiary/aromatic N) is 1. The molecule has 5 rings (SSSR count). The van der Waals surface area contributed by atoms with Crippen molar-refractivity contribution in [2.24, 2.45) is 5.92 Å². The van der Waals surface area contributed by atoms with Crippen LogP contribution in [0.4, 0.5) is 14.5 Å². The van der Waals surface area contributed by atoms with Gasteiger partial charge in [0.2, 0.25) is 12.2 Å². The Morgan fingerprint density at radius 3 is 2.16 bits per heavy atom. The van der Waals surface area contributed by atoms with Crippen LogP contribution in [-0.2, 0) is 47.0 Å². The Bertz CT molecular complexity index is 1410. The third-order valence-electron chi connectivity index (χ3n) is 7.86. The van der Waals surface area contributed by atoms with Gasteiger partial charge in [-0.15, -0.1) is 17.7 Å². The third-order valence-corrected chi connectivity index (χ3v) is 7.86. The predicted molar refractivity (Wildman–Crippen MR) is 151 cm³/mol. The van der Waals surface area contributed by atoms with E-state index in [0.717, 1.165) is 5.56 Å². The van der Waals surface area contributed by atoms with E-state index in [1.165, 1.54) is 48.5 Å². The predicted octanol–water partition coefficient (Wildman–Crippen LogP) is 3.96. The quantitative estimate of drug-likeness (QED) is 0.196. The number of carbonyl (C=O) groups excluding carboxylic acids is 1. The first-order valence-corrected chi connectivity index (χ1v) is 13.5. The van der Waals surface area contributed by atoms with Crippen LogP contribution in [-0.4, -0.2) is 63.0 Å². The van der Waals surface area contributed by atoms with Gasteiger partial charge in [0.05, 0.1) is 12.0 Å². The van der Waals surface area contributed by atoms with Gasteiger partial charge in [0.15, 0.2) is 6.10 Å². The van der Waals surface area contributed by atoms with Crippen molar-refractivity contribution >= 4 is 17.6 Å². The van der Waals surface area contributed by atoms with E-state index in [2.05, 4.69) is 6.07 Å². The Balaban J connectivity index is 0.00000264. The van der Waals surface area contributed by atoms with Crippen LogP contribution < -0.4 is 9.64 Å². The van der Waals surface area contributed by atoms with E-state index >= 15 is 0 Å². The Morgan fingerprint density at radius 2 is 1.59 bits per heavy atom. The number of aliphatic hydroxyl groups excluding tert-OH is 3. The number of aliphatic hydroxyl groups is 3. The summed E-state index contributed by atoms with van der Waals surface area (Å²) >= 11 is 0. The number of carbonyl (C=O) groups is 2. The molecule has 2 fully saturated rings. The maximum Gasteiger partial charge on any atom is 0.335 e. The van der Waals surface area contributed by atoms with Crippen LogP contribution in [0.3, 0.4) is 0 Å². The fourth-order valence-corrected chi connectivity index (χ4v) is 5.43. The van der Waals surface area contributed by atoms with Crippen LogP contribution in [0.2, 0.25) is 0 Å². The molecule has 2 heterocycles. The standard InChI is InChI=1S/C31H30F2NO8.CH4.Y/c1-16(17-3-7-19(32)8-4-17)2-15-23-24(34(29(23)38)21-11-9-20(33)10-12-21)18-5-13-22(14-6-18)41-31-27(37)25(35)26(36)28(42-31)30(39)40;;/h3-5,7-14,16,23-28,31,35-37H,2,15H2,1H3,(H,39,40);1H4;/q-1;;/t16?,23-,24-,25+,26+,27-,28+,31-;;/m1../s1. The van der Waals surface area contributed by atoms with Crippen molar-refractivity contribution in [2.45, 2.75) is 69.9 Å². The number of benzene rings is 3. The van der Waals surface area contributed by atoms with Gasteiger partial charge in [0.25, 0.3) is 0 Å². The van der Waals surface area contributed by atoms with E-state index < -0.39 is 54.5 Å². The van der Waals surface area contributed by atoms with Crippen molar-refractivity contribution in [3.63, 3.8) is 0 Å². The molecule has 44 heavy (non-hydrogen) atoms. The molecule has 2 aliphatic rings. The zero-order valence-corrected chi connectivity index (χ0v) is 25.9. The Morgan fingerprint density at radius 1 is 0.977 bits per heavy atom. The van der Waals surface area contributed by atoms with Crippen LogP contribution in [0.5, 0.6) is 5.75 Å². The number of anilines is 1. The molecular formula is C32H34F2NO8Y-. The molecule has 2 saturated heterocycles. The van der Waals surface area contributed by atoms with Crippen molar-refractivity contribution in [2.75, 3.05) is 4.90 Å². The summed E-state index contributed by atoms with van der Waals surface area (Å²) in [6.45, 7) is 2.01. The molecule has 0 spiro atoms. The number of ether oxygens (including phenoxy) is 2. The molecule has 1 radical (unpaired) electrons. The molecule has 0 saturated carbocycles. The Kier molecular flexibility index (Phi) is 12.2. The fraction of sp³-hybridized carbons (Fsp3) is 0.375. The number of β-lactam (4-membered cyclic amide) rings is 1. The van der Waals surface area contributed by atoms with Gasteiger partial charge in [-0.05, 0) is 60.7 Å². The summed E-state index contributed by atoms with van der Waals surface area (Å²) in [5.41, 5.74) is 2.11. The summed E-state index contributed by atoms with van der Waals surface area (Å²) in [5, 5.41) is 39.4. The second-order valence-corrected chi connectivity index (χ2v) is 10.6. The van der Waals surface area contributed by atoms with Crippen molar-refractivity contribution < 1.29 is 81.0 Å². The van der Waals surface area contributed by atoms with Gasteiger partial charge in [0.1, 0.15) is 29.9 Å². The second kappa shape index (κ2) is 15.0. The van der Waals surface area contributed by atoms with Gasteiger partial charge in [0, 0.05) is 44.1 Å². The molecule has 0 aliphatic carbocycles. The largest absolute Gasteiger partial charge is 0.524 e. The van der Waals surface area contributed by atoms with Gasteiger partial charge >= 0.3 is 5.97 Å². The van der Waals surface area contributed by atoms with Gasteiger partial charge in [-0.2, -0.15) is 12.1 Å². The number of rotatable bonds is 9. The molecule has 8 atom stereocenters. The Hall–Kier alpha value is -2.80. The molecule has 3 aromatic carbocycles. The minimum absolute atomic E-state index is 0. The third kappa shape index (κ3) is 7.35. The minimum atomic E-state index is -1.84. The first kappa shape index (κ1) is 35.7. The smallest absolute Gasteiger partial charge is 0.335 e.